The molecule has 0 fully saturated rings. The Morgan fingerprint density at radius 3 is 2.23 bits per heavy atom. The third-order valence-electron chi connectivity index (χ3n) is 3.66. The topological polar surface area (TPSA) is 54.0 Å². The summed E-state index contributed by atoms with van der Waals surface area (Å²) in [6, 6.07) is 10.7. The van der Waals surface area contributed by atoms with Crippen LogP contribution in [0.15, 0.2) is 42.5 Å². The second kappa shape index (κ2) is 9.51. The molecule has 0 atom stereocenters. The predicted octanol–water partition coefficient (Wildman–Crippen LogP) is 4.40. The minimum Gasteiger partial charge on any atom is -0.494 e. The molecule has 0 heterocycles. The van der Waals surface area contributed by atoms with Crippen molar-refractivity contribution in [2.24, 2.45) is 0 Å². The molecule has 5 heteroatoms. The van der Waals surface area contributed by atoms with Crippen LogP contribution in [0.4, 0.5) is 0 Å². The van der Waals surface area contributed by atoms with Gasteiger partial charge in [-0.2, -0.15) is 0 Å². The summed E-state index contributed by atoms with van der Waals surface area (Å²) in [5, 5.41) is 0. The molecule has 2 aromatic rings. The fourth-order valence-corrected chi connectivity index (χ4v) is 2.46. The number of ketones is 1. The Bertz CT molecular complexity index is 780. The van der Waals surface area contributed by atoms with Crippen LogP contribution in [0.1, 0.15) is 29.8 Å². The first-order valence-corrected chi connectivity index (χ1v) is 8.47. The molecule has 2 rings (SSSR count). The van der Waals surface area contributed by atoms with Crippen molar-refractivity contribution in [2.75, 3.05) is 27.4 Å². The molecule has 5 nitrogen and oxygen atoms in total. The number of hydrogen-bond acceptors (Lipinski definition) is 5. The molecule has 0 aliphatic carbocycles. The van der Waals surface area contributed by atoms with Crippen LogP contribution in [0.3, 0.4) is 0 Å². The van der Waals surface area contributed by atoms with Gasteiger partial charge in [-0.15, -0.1) is 0 Å². The summed E-state index contributed by atoms with van der Waals surface area (Å²) in [6.07, 6.45) is 3.24. The Labute approximate surface area is 154 Å². The predicted molar refractivity (Wildman–Crippen MR) is 102 cm³/mol. The van der Waals surface area contributed by atoms with Gasteiger partial charge in [0.1, 0.15) is 11.5 Å². The highest BCUT2D eigenvalue weighted by Crippen LogP contribution is 2.29. The van der Waals surface area contributed by atoms with E-state index in [-0.39, 0.29) is 5.78 Å². The Kier molecular flexibility index (Phi) is 7.09. The van der Waals surface area contributed by atoms with E-state index in [0.717, 1.165) is 5.56 Å². The first kappa shape index (κ1) is 19.4. The zero-order valence-corrected chi connectivity index (χ0v) is 15.6. The molecule has 0 aliphatic heterocycles. The number of methoxy groups -OCH3 is 2. The van der Waals surface area contributed by atoms with Gasteiger partial charge in [0, 0.05) is 0 Å². The van der Waals surface area contributed by atoms with Gasteiger partial charge in [-0.1, -0.05) is 12.1 Å². The van der Waals surface area contributed by atoms with Gasteiger partial charge >= 0.3 is 0 Å². The van der Waals surface area contributed by atoms with Crippen molar-refractivity contribution in [1.29, 1.82) is 0 Å². The summed E-state index contributed by atoms with van der Waals surface area (Å²) in [6.45, 7) is 4.79. The van der Waals surface area contributed by atoms with Crippen molar-refractivity contribution in [3.05, 3.63) is 53.6 Å². The van der Waals surface area contributed by atoms with Gasteiger partial charge in [0.2, 0.25) is 0 Å². The molecule has 0 saturated heterocycles. The fraction of sp³-hybridized carbons (Fsp3) is 0.286. The van der Waals surface area contributed by atoms with Gasteiger partial charge in [0.05, 0.1) is 33.0 Å². The van der Waals surface area contributed by atoms with Crippen molar-refractivity contribution in [1.82, 2.24) is 0 Å². The third-order valence-corrected chi connectivity index (χ3v) is 3.66. The largest absolute Gasteiger partial charge is 0.494 e. The minimum atomic E-state index is -0.162. The van der Waals surface area contributed by atoms with Gasteiger partial charge in [0.15, 0.2) is 17.3 Å². The second-order valence-corrected chi connectivity index (χ2v) is 5.34. The molecule has 0 aliphatic rings. The molecule has 0 bridgehead atoms. The van der Waals surface area contributed by atoms with Crippen LogP contribution in [0.25, 0.3) is 6.08 Å². The Morgan fingerprint density at radius 2 is 1.58 bits per heavy atom. The number of carbonyl (C=O) groups excluding carboxylic acids is 1. The molecular weight excluding hydrogens is 332 g/mol. The fourth-order valence-electron chi connectivity index (χ4n) is 2.46. The van der Waals surface area contributed by atoms with E-state index in [1.54, 1.807) is 44.6 Å². The summed E-state index contributed by atoms with van der Waals surface area (Å²) in [5.41, 5.74) is 1.30. The van der Waals surface area contributed by atoms with E-state index in [1.165, 1.54) is 6.08 Å². The maximum atomic E-state index is 12.7. The molecule has 0 amide bonds. The number of allylic oxidation sites excluding steroid dienone is 1. The number of carbonyl (C=O) groups is 1. The summed E-state index contributed by atoms with van der Waals surface area (Å²) in [5.74, 6) is 2.26. The summed E-state index contributed by atoms with van der Waals surface area (Å²) < 4.78 is 21.5. The van der Waals surface area contributed by atoms with E-state index in [0.29, 0.717) is 41.8 Å². The van der Waals surface area contributed by atoms with Crippen LogP contribution in [0.5, 0.6) is 23.0 Å². The maximum absolute atomic E-state index is 12.7. The first-order chi connectivity index (χ1) is 12.6. The molecular formula is C21H24O5. The minimum absolute atomic E-state index is 0.162. The van der Waals surface area contributed by atoms with Crippen LogP contribution in [0.2, 0.25) is 0 Å². The van der Waals surface area contributed by atoms with Crippen LogP contribution in [-0.4, -0.2) is 33.2 Å². The van der Waals surface area contributed by atoms with Gasteiger partial charge in [-0.25, -0.2) is 0 Å². The summed E-state index contributed by atoms with van der Waals surface area (Å²) in [4.78, 5) is 12.7. The van der Waals surface area contributed by atoms with Crippen LogP contribution < -0.4 is 18.9 Å². The van der Waals surface area contributed by atoms with Gasteiger partial charge in [0.25, 0.3) is 0 Å². The Hall–Kier alpha value is -2.95. The first-order valence-electron chi connectivity index (χ1n) is 8.47. The SMILES string of the molecule is CCOc1ccc(OCC)c(C(=O)/C=C/c2ccc(OC)c(OC)c2)c1. The molecule has 0 spiro atoms. The lowest BCUT2D eigenvalue weighted by atomic mass is 10.1. The monoisotopic (exact) mass is 356 g/mol. The molecule has 0 saturated carbocycles. The van der Waals surface area contributed by atoms with Crippen molar-refractivity contribution in [3.63, 3.8) is 0 Å². The molecule has 0 aromatic heterocycles. The highest BCUT2D eigenvalue weighted by molar-refractivity contribution is 6.08. The molecule has 0 unspecified atom stereocenters. The number of rotatable bonds is 9. The van der Waals surface area contributed by atoms with Gasteiger partial charge in [-0.3, -0.25) is 4.79 Å². The molecule has 2 aromatic carbocycles. The van der Waals surface area contributed by atoms with E-state index in [2.05, 4.69) is 0 Å². The maximum Gasteiger partial charge on any atom is 0.189 e. The highest BCUT2D eigenvalue weighted by Gasteiger charge is 2.12. The molecule has 0 N–H and O–H groups in total. The average Bonchev–Trinajstić information content (AvgIpc) is 2.67. The number of benzene rings is 2. The molecule has 26 heavy (non-hydrogen) atoms. The number of hydrogen-bond donors (Lipinski definition) is 0. The highest BCUT2D eigenvalue weighted by atomic mass is 16.5. The third kappa shape index (κ3) is 4.79. The van der Waals surface area contributed by atoms with Crippen molar-refractivity contribution in [3.8, 4) is 23.0 Å². The summed E-state index contributed by atoms with van der Waals surface area (Å²) >= 11 is 0. The Morgan fingerprint density at radius 1 is 0.885 bits per heavy atom. The van der Waals surface area contributed by atoms with E-state index < -0.39 is 0 Å². The average molecular weight is 356 g/mol. The van der Waals surface area contributed by atoms with E-state index in [9.17, 15) is 4.79 Å². The Balaban J connectivity index is 2.28. The smallest absolute Gasteiger partial charge is 0.189 e. The lowest BCUT2D eigenvalue weighted by Gasteiger charge is -2.10. The van der Waals surface area contributed by atoms with Crippen LogP contribution >= 0.6 is 0 Å². The van der Waals surface area contributed by atoms with E-state index in [1.807, 2.05) is 26.0 Å². The summed E-state index contributed by atoms with van der Waals surface area (Å²) in [7, 11) is 3.15. The van der Waals surface area contributed by atoms with Gasteiger partial charge < -0.3 is 18.9 Å². The van der Waals surface area contributed by atoms with E-state index >= 15 is 0 Å². The lowest BCUT2D eigenvalue weighted by Crippen LogP contribution is -2.03. The van der Waals surface area contributed by atoms with Crippen LogP contribution in [0, 0.1) is 0 Å². The normalized spacial score (nSPS) is 10.6. The number of ether oxygens (including phenoxy) is 4. The lowest BCUT2D eigenvalue weighted by molar-refractivity contribution is 0.104. The van der Waals surface area contributed by atoms with Gasteiger partial charge in [-0.05, 0) is 55.8 Å². The van der Waals surface area contributed by atoms with Crippen molar-refractivity contribution < 1.29 is 23.7 Å². The van der Waals surface area contributed by atoms with E-state index in [4.69, 9.17) is 18.9 Å². The van der Waals surface area contributed by atoms with Crippen molar-refractivity contribution in [2.45, 2.75) is 13.8 Å². The standard InChI is InChI=1S/C21H24O5/c1-5-25-16-9-12-19(26-6-2)17(14-16)18(22)10-7-15-8-11-20(23-3)21(13-15)24-4/h7-14H,5-6H2,1-4H3/b10-7+. The molecule has 138 valence electrons. The quantitative estimate of drug-likeness (QED) is 0.492. The zero-order valence-electron chi connectivity index (χ0n) is 15.6. The van der Waals surface area contributed by atoms with Crippen LogP contribution in [-0.2, 0) is 0 Å². The van der Waals surface area contributed by atoms with Crippen molar-refractivity contribution >= 4 is 11.9 Å². The second-order valence-electron chi connectivity index (χ2n) is 5.34. The zero-order chi connectivity index (χ0) is 18.9. The molecule has 0 radical (unpaired) electrons.